The lowest BCUT2D eigenvalue weighted by Gasteiger charge is -2.11. The first-order valence-corrected chi connectivity index (χ1v) is 10.5. The van der Waals surface area contributed by atoms with E-state index >= 15 is 0 Å². The van der Waals surface area contributed by atoms with Crippen molar-refractivity contribution in [3.8, 4) is 0 Å². The van der Waals surface area contributed by atoms with Crippen LogP contribution in [0.15, 0.2) is 35.5 Å². The van der Waals surface area contributed by atoms with E-state index in [1.165, 1.54) is 0 Å². The van der Waals surface area contributed by atoms with Gasteiger partial charge >= 0.3 is 0 Å². The Hall–Kier alpha value is -2.35. The van der Waals surface area contributed by atoms with E-state index < -0.39 is 26.4 Å². The summed E-state index contributed by atoms with van der Waals surface area (Å²) in [6.07, 6.45) is 5.43. The van der Waals surface area contributed by atoms with Crippen molar-refractivity contribution in [1.82, 2.24) is 14.5 Å². The van der Waals surface area contributed by atoms with Crippen LogP contribution < -0.4 is 0 Å². The summed E-state index contributed by atoms with van der Waals surface area (Å²) in [5.41, 5.74) is 2.69. The van der Waals surface area contributed by atoms with Crippen molar-refractivity contribution in [3.63, 3.8) is 0 Å². The van der Waals surface area contributed by atoms with Crippen LogP contribution >= 0.6 is 0 Å². The number of halogens is 2. The fourth-order valence-electron chi connectivity index (χ4n) is 3.21. The van der Waals surface area contributed by atoms with Crippen LogP contribution in [0, 0.1) is 18.6 Å². The Morgan fingerprint density at radius 2 is 1.96 bits per heavy atom. The molecule has 0 amide bonds. The number of aromatic nitrogens is 3. The molecule has 0 saturated heterocycles. The van der Waals surface area contributed by atoms with Gasteiger partial charge in [0, 0.05) is 25.2 Å². The molecule has 0 fully saturated rings. The number of hydrogen-bond acceptors (Lipinski definition) is 4. The summed E-state index contributed by atoms with van der Waals surface area (Å²) in [6.45, 7) is 4.43. The fraction of sp³-hybridized carbons (Fsp3) is 0.368. The van der Waals surface area contributed by atoms with E-state index in [1.54, 1.807) is 12.4 Å². The lowest BCUT2D eigenvalue weighted by atomic mass is 10.2. The number of nitrogens with zero attached hydrogens (tertiary/aromatic N) is 3. The molecule has 5 nitrogen and oxygen atoms in total. The number of imidazole rings is 1. The number of aryl methyl sites for hydroxylation is 3. The first-order valence-electron chi connectivity index (χ1n) is 8.81. The minimum Gasteiger partial charge on any atom is -0.328 e. The monoisotopic (exact) mass is 393 g/mol. The molecule has 0 aliphatic heterocycles. The Morgan fingerprint density at radius 1 is 1.19 bits per heavy atom. The van der Waals surface area contributed by atoms with Crippen molar-refractivity contribution >= 4 is 20.9 Å². The van der Waals surface area contributed by atoms with Crippen LogP contribution in [0.5, 0.6) is 0 Å². The molecule has 0 unspecified atom stereocenters. The summed E-state index contributed by atoms with van der Waals surface area (Å²) in [4.78, 5) is 8.30. The summed E-state index contributed by atoms with van der Waals surface area (Å²) < 4.78 is 53.8. The molecule has 1 aromatic carbocycles. The maximum Gasteiger partial charge on any atom is 0.181 e. The maximum atomic E-state index is 13.8. The molecule has 0 bridgehead atoms. The minimum atomic E-state index is -3.84. The van der Waals surface area contributed by atoms with Gasteiger partial charge in [-0.05, 0) is 37.5 Å². The largest absolute Gasteiger partial charge is 0.328 e. The first kappa shape index (κ1) is 19.4. The molecule has 2 aromatic heterocycles. The lowest BCUT2D eigenvalue weighted by Crippen LogP contribution is -2.13. The van der Waals surface area contributed by atoms with Crippen LogP contribution in [-0.4, -0.2) is 28.7 Å². The predicted molar refractivity (Wildman–Crippen MR) is 99.3 cm³/mol. The normalized spacial score (nSPS) is 12.0. The van der Waals surface area contributed by atoms with Crippen LogP contribution in [0.25, 0.3) is 11.0 Å². The molecular weight excluding hydrogens is 372 g/mol. The van der Waals surface area contributed by atoms with E-state index in [4.69, 9.17) is 0 Å². The summed E-state index contributed by atoms with van der Waals surface area (Å²) >= 11 is 0. The zero-order valence-corrected chi connectivity index (χ0v) is 16.1. The van der Waals surface area contributed by atoms with Gasteiger partial charge in [0.2, 0.25) is 0 Å². The maximum absolute atomic E-state index is 13.8. The van der Waals surface area contributed by atoms with E-state index in [0.717, 1.165) is 47.4 Å². The van der Waals surface area contributed by atoms with E-state index in [1.807, 2.05) is 11.5 Å². The summed E-state index contributed by atoms with van der Waals surface area (Å²) in [5.74, 6) is -1.21. The zero-order valence-electron chi connectivity index (χ0n) is 15.2. The van der Waals surface area contributed by atoms with Gasteiger partial charge in [0.25, 0.3) is 0 Å². The summed E-state index contributed by atoms with van der Waals surface area (Å²) in [6, 6.07) is 2.52. The highest BCUT2D eigenvalue weighted by Gasteiger charge is 2.20. The topological polar surface area (TPSA) is 64.8 Å². The Kier molecular flexibility index (Phi) is 5.55. The van der Waals surface area contributed by atoms with E-state index in [-0.39, 0.29) is 5.75 Å². The second-order valence-corrected chi connectivity index (χ2v) is 8.58. The Balaban J connectivity index is 1.83. The van der Waals surface area contributed by atoms with Gasteiger partial charge in [-0.1, -0.05) is 6.92 Å². The number of pyridine rings is 1. The number of hydrogen-bond donors (Lipinski definition) is 0. The van der Waals surface area contributed by atoms with Gasteiger partial charge in [-0.25, -0.2) is 22.2 Å². The van der Waals surface area contributed by atoms with Gasteiger partial charge in [0.1, 0.15) is 27.9 Å². The molecule has 0 aliphatic carbocycles. The molecule has 2 heterocycles. The van der Waals surface area contributed by atoms with Crippen LogP contribution in [0.4, 0.5) is 8.78 Å². The van der Waals surface area contributed by atoms with Crippen molar-refractivity contribution in [3.05, 3.63) is 53.6 Å². The molecular formula is C19H21F2N3O2S. The van der Waals surface area contributed by atoms with Gasteiger partial charge in [-0.3, -0.25) is 4.98 Å². The van der Waals surface area contributed by atoms with Crippen LogP contribution in [0.1, 0.15) is 31.2 Å². The molecule has 27 heavy (non-hydrogen) atoms. The van der Waals surface area contributed by atoms with Crippen LogP contribution in [0.3, 0.4) is 0 Å². The van der Waals surface area contributed by atoms with E-state index in [2.05, 4.69) is 16.9 Å². The fourth-order valence-corrected chi connectivity index (χ4v) is 4.57. The molecule has 3 aromatic rings. The third-order valence-electron chi connectivity index (χ3n) is 4.41. The van der Waals surface area contributed by atoms with Crippen LogP contribution in [-0.2, 0) is 22.8 Å². The Bertz CT molecular complexity index is 1080. The molecule has 0 spiro atoms. The molecule has 0 atom stereocenters. The van der Waals surface area contributed by atoms with Gasteiger partial charge in [0.05, 0.1) is 17.5 Å². The molecule has 0 radical (unpaired) electrons. The average Bonchev–Trinajstić information content (AvgIpc) is 2.93. The van der Waals surface area contributed by atoms with Crippen molar-refractivity contribution in [2.45, 2.75) is 44.6 Å². The van der Waals surface area contributed by atoms with Gasteiger partial charge in [-0.15, -0.1) is 0 Å². The highest BCUT2D eigenvalue weighted by molar-refractivity contribution is 7.91. The predicted octanol–water partition coefficient (Wildman–Crippen LogP) is 3.83. The third-order valence-corrected chi connectivity index (χ3v) is 6.24. The number of rotatable bonds is 7. The Labute approximate surface area is 157 Å². The second kappa shape index (κ2) is 7.72. The molecule has 0 saturated carbocycles. The molecule has 3 rings (SSSR count). The zero-order chi connectivity index (χ0) is 19.6. The van der Waals surface area contributed by atoms with E-state index in [0.29, 0.717) is 19.0 Å². The molecule has 8 heteroatoms. The van der Waals surface area contributed by atoms with Gasteiger partial charge in [-0.2, -0.15) is 0 Å². The smallest absolute Gasteiger partial charge is 0.181 e. The average molecular weight is 393 g/mol. The molecule has 144 valence electrons. The lowest BCUT2D eigenvalue weighted by molar-refractivity contribution is 0.546. The SMILES string of the molecule is CCCc1nc2cncc(C)c2n1CCCS(=O)(=O)c1ccc(F)cc1F. The molecule has 0 N–H and O–H groups in total. The summed E-state index contributed by atoms with van der Waals surface area (Å²) in [7, 11) is -3.84. The highest BCUT2D eigenvalue weighted by atomic mass is 32.2. The second-order valence-electron chi connectivity index (χ2n) is 6.50. The van der Waals surface area contributed by atoms with Crippen molar-refractivity contribution in [2.24, 2.45) is 0 Å². The number of benzene rings is 1. The third kappa shape index (κ3) is 4.00. The number of sulfone groups is 1. The minimum absolute atomic E-state index is 0.231. The quantitative estimate of drug-likeness (QED) is 0.572. The van der Waals surface area contributed by atoms with Crippen molar-refractivity contribution in [2.75, 3.05) is 5.75 Å². The standard InChI is InChI=1S/C19H21F2N3O2S/c1-3-5-18-23-16-12-22-11-13(2)19(16)24(18)8-4-9-27(25,26)17-7-6-14(20)10-15(17)21/h6-7,10-12H,3-5,8-9H2,1-2H3. The van der Waals surface area contributed by atoms with Crippen molar-refractivity contribution in [1.29, 1.82) is 0 Å². The van der Waals surface area contributed by atoms with Crippen molar-refractivity contribution < 1.29 is 17.2 Å². The Morgan fingerprint density at radius 3 is 2.67 bits per heavy atom. The van der Waals surface area contributed by atoms with Gasteiger partial charge < -0.3 is 4.57 Å². The van der Waals surface area contributed by atoms with Gasteiger partial charge in [0.15, 0.2) is 9.84 Å². The number of fused-ring (bicyclic) bond motifs is 1. The van der Waals surface area contributed by atoms with Crippen LogP contribution in [0.2, 0.25) is 0 Å². The summed E-state index contributed by atoms with van der Waals surface area (Å²) in [5, 5.41) is 0. The highest BCUT2D eigenvalue weighted by Crippen LogP contribution is 2.22. The van der Waals surface area contributed by atoms with E-state index in [9.17, 15) is 17.2 Å². The molecule has 0 aliphatic rings. The first-order chi connectivity index (χ1) is 12.8.